The summed E-state index contributed by atoms with van der Waals surface area (Å²) in [5.41, 5.74) is 0. The molecule has 0 bridgehead atoms. The predicted molar refractivity (Wildman–Crippen MR) is 91.2 cm³/mol. The van der Waals surface area contributed by atoms with Crippen molar-refractivity contribution >= 4 is 56.8 Å². The van der Waals surface area contributed by atoms with Gasteiger partial charge >= 0.3 is 59.1 Å². The van der Waals surface area contributed by atoms with Gasteiger partial charge in [-0.1, -0.05) is 66.2 Å². The van der Waals surface area contributed by atoms with E-state index in [2.05, 4.69) is 0 Å². The SMILES string of the molecule is O=P([O-])([O-])c1c(Cl)ccc2c1ccc1c3ccccc3ccc21.[Na+].[Na+]. The molecule has 0 fully saturated rings. The summed E-state index contributed by atoms with van der Waals surface area (Å²) in [6, 6.07) is 18.6. The molecule has 0 unspecified atom stereocenters. The summed E-state index contributed by atoms with van der Waals surface area (Å²) in [5.74, 6) is 0. The van der Waals surface area contributed by atoms with E-state index in [1.54, 1.807) is 12.1 Å². The Labute approximate surface area is 194 Å². The third-order valence-corrected chi connectivity index (χ3v) is 5.60. The maximum atomic E-state index is 11.6. The van der Waals surface area contributed by atoms with Crippen LogP contribution in [0, 0.1) is 0 Å². The Balaban J connectivity index is 0.00000113. The van der Waals surface area contributed by atoms with Crippen LogP contribution in [0.4, 0.5) is 0 Å². The number of benzene rings is 4. The maximum Gasteiger partial charge on any atom is 1.00 e. The molecule has 0 aliphatic carbocycles. The van der Waals surface area contributed by atoms with Gasteiger partial charge in [-0.25, -0.2) is 0 Å². The van der Waals surface area contributed by atoms with Crippen molar-refractivity contribution in [1.82, 2.24) is 0 Å². The zero-order chi connectivity index (χ0) is 16.2. The Morgan fingerprint density at radius 3 is 1.92 bits per heavy atom. The van der Waals surface area contributed by atoms with Gasteiger partial charge in [-0.2, -0.15) is 0 Å². The Morgan fingerprint density at radius 1 is 0.680 bits per heavy atom. The van der Waals surface area contributed by atoms with Gasteiger partial charge < -0.3 is 14.4 Å². The second-order valence-electron chi connectivity index (χ2n) is 5.44. The second-order valence-corrected chi connectivity index (χ2v) is 7.29. The van der Waals surface area contributed by atoms with Crippen molar-refractivity contribution in [3.8, 4) is 0 Å². The van der Waals surface area contributed by atoms with Crippen molar-refractivity contribution in [3.63, 3.8) is 0 Å². The average molecular weight is 387 g/mol. The van der Waals surface area contributed by atoms with E-state index >= 15 is 0 Å². The molecule has 114 valence electrons. The molecular weight excluding hydrogens is 377 g/mol. The van der Waals surface area contributed by atoms with Crippen LogP contribution >= 0.6 is 19.2 Å². The summed E-state index contributed by atoms with van der Waals surface area (Å²) in [6.45, 7) is 0. The van der Waals surface area contributed by atoms with Crippen LogP contribution in [-0.4, -0.2) is 0 Å². The summed E-state index contributed by atoms with van der Waals surface area (Å²) in [7, 11) is -4.96. The average Bonchev–Trinajstić information content (AvgIpc) is 2.52. The van der Waals surface area contributed by atoms with Gasteiger partial charge in [-0.15, -0.1) is 0 Å². The van der Waals surface area contributed by atoms with E-state index in [1.165, 1.54) is 6.07 Å². The number of halogens is 1. The van der Waals surface area contributed by atoms with E-state index in [-0.39, 0.29) is 69.4 Å². The second kappa shape index (κ2) is 8.00. The third kappa shape index (κ3) is 3.74. The van der Waals surface area contributed by atoms with Crippen LogP contribution in [0.5, 0.6) is 0 Å². The molecule has 25 heavy (non-hydrogen) atoms. The van der Waals surface area contributed by atoms with E-state index in [9.17, 15) is 14.4 Å². The van der Waals surface area contributed by atoms with Gasteiger partial charge in [0.2, 0.25) is 0 Å². The molecule has 0 radical (unpaired) electrons. The molecule has 0 aliphatic rings. The van der Waals surface area contributed by atoms with Crippen LogP contribution in [-0.2, 0) is 4.57 Å². The van der Waals surface area contributed by atoms with Crippen molar-refractivity contribution in [2.24, 2.45) is 0 Å². The minimum atomic E-state index is -4.96. The first-order valence-corrected chi connectivity index (χ1v) is 8.94. The van der Waals surface area contributed by atoms with Crippen LogP contribution in [0.15, 0.2) is 60.7 Å². The van der Waals surface area contributed by atoms with Crippen LogP contribution < -0.4 is 74.2 Å². The molecule has 7 heteroatoms. The standard InChI is InChI=1S/C18H12ClO3P.2Na/c19-17-10-9-15-14-6-5-11-3-1-2-4-12(11)13(14)7-8-16(15)18(17)23(20,21)22;;/h1-10H,(H2,20,21,22);;/q;2*+1/p-2. The van der Waals surface area contributed by atoms with Gasteiger partial charge in [0, 0.05) is 10.3 Å². The quantitative estimate of drug-likeness (QED) is 0.204. The first-order chi connectivity index (χ1) is 11.0. The van der Waals surface area contributed by atoms with E-state index < -0.39 is 7.60 Å². The van der Waals surface area contributed by atoms with E-state index in [1.807, 2.05) is 42.5 Å². The minimum Gasteiger partial charge on any atom is -0.807 e. The van der Waals surface area contributed by atoms with Gasteiger partial charge in [0.1, 0.15) is 0 Å². The molecule has 4 aromatic carbocycles. The number of hydrogen-bond donors (Lipinski definition) is 0. The fourth-order valence-electron chi connectivity index (χ4n) is 3.14. The van der Waals surface area contributed by atoms with Crippen LogP contribution in [0.1, 0.15) is 0 Å². The fourth-order valence-corrected chi connectivity index (χ4v) is 4.44. The molecule has 0 aliphatic heterocycles. The van der Waals surface area contributed by atoms with E-state index in [0.29, 0.717) is 10.8 Å². The summed E-state index contributed by atoms with van der Waals surface area (Å²) < 4.78 is 11.6. The van der Waals surface area contributed by atoms with Gasteiger partial charge in [-0.05, 0) is 46.0 Å². The van der Waals surface area contributed by atoms with Gasteiger partial charge in [0.15, 0.2) is 0 Å². The van der Waals surface area contributed by atoms with Crippen molar-refractivity contribution in [2.75, 3.05) is 0 Å². The number of rotatable bonds is 1. The summed E-state index contributed by atoms with van der Waals surface area (Å²) in [4.78, 5) is 23.2. The zero-order valence-corrected chi connectivity index (χ0v) is 19.5. The van der Waals surface area contributed by atoms with Gasteiger partial charge in [-0.3, -0.25) is 0 Å². The minimum absolute atomic E-state index is 0. The first kappa shape index (κ1) is 21.4. The van der Waals surface area contributed by atoms with Crippen molar-refractivity contribution in [3.05, 3.63) is 65.7 Å². The topological polar surface area (TPSA) is 63.2 Å². The zero-order valence-electron chi connectivity index (χ0n) is 13.8. The normalized spacial score (nSPS) is 11.3. The molecule has 4 aromatic rings. The molecular formula is C18H10ClNa2O3P. The van der Waals surface area contributed by atoms with Gasteiger partial charge in [0.25, 0.3) is 0 Å². The molecule has 0 saturated carbocycles. The molecule has 0 amide bonds. The molecule has 0 aromatic heterocycles. The molecule has 4 rings (SSSR count). The first-order valence-electron chi connectivity index (χ1n) is 7.02. The number of hydrogen-bond acceptors (Lipinski definition) is 3. The Morgan fingerprint density at radius 2 is 1.20 bits per heavy atom. The van der Waals surface area contributed by atoms with Crippen molar-refractivity contribution < 1.29 is 73.5 Å². The van der Waals surface area contributed by atoms with E-state index in [0.717, 1.165) is 21.5 Å². The summed E-state index contributed by atoms with van der Waals surface area (Å²) in [5, 5.41) is 4.80. The Kier molecular flexibility index (Phi) is 6.85. The van der Waals surface area contributed by atoms with E-state index in [4.69, 9.17) is 11.6 Å². The largest absolute Gasteiger partial charge is 1.00 e. The Hall–Kier alpha value is 0.100. The summed E-state index contributed by atoms with van der Waals surface area (Å²) in [6.07, 6.45) is 0. The molecule has 0 saturated heterocycles. The molecule has 0 N–H and O–H groups in total. The fraction of sp³-hybridized carbons (Fsp3) is 0. The van der Waals surface area contributed by atoms with Crippen LogP contribution in [0.3, 0.4) is 0 Å². The predicted octanol–water partition coefficient (Wildman–Crippen LogP) is -2.65. The maximum absolute atomic E-state index is 11.6. The van der Waals surface area contributed by atoms with Gasteiger partial charge in [0.05, 0.1) is 0 Å². The third-order valence-electron chi connectivity index (χ3n) is 4.12. The van der Waals surface area contributed by atoms with Crippen molar-refractivity contribution in [2.45, 2.75) is 0 Å². The molecule has 0 atom stereocenters. The smallest absolute Gasteiger partial charge is 0.807 e. The molecule has 0 heterocycles. The molecule has 0 spiro atoms. The number of fused-ring (bicyclic) bond motifs is 5. The van der Waals surface area contributed by atoms with Crippen LogP contribution in [0.25, 0.3) is 32.3 Å². The monoisotopic (exact) mass is 386 g/mol. The molecule has 3 nitrogen and oxygen atoms in total. The van der Waals surface area contributed by atoms with Crippen LogP contribution in [0.2, 0.25) is 5.02 Å². The summed E-state index contributed by atoms with van der Waals surface area (Å²) >= 11 is 5.96. The van der Waals surface area contributed by atoms with Crippen molar-refractivity contribution in [1.29, 1.82) is 0 Å². The Bertz CT molecular complexity index is 1140.